The summed E-state index contributed by atoms with van der Waals surface area (Å²) in [6.07, 6.45) is 3.67. The first-order chi connectivity index (χ1) is 7.55. The van der Waals surface area contributed by atoms with E-state index in [1.54, 1.807) is 5.56 Å². The van der Waals surface area contributed by atoms with Crippen LogP contribution in [0.15, 0.2) is 22.7 Å². The van der Waals surface area contributed by atoms with Crippen LogP contribution in [-0.4, -0.2) is 4.98 Å². The van der Waals surface area contributed by atoms with E-state index in [0.29, 0.717) is 5.41 Å². The number of halogens is 1. The van der Waals surface area contributed by atoms with Crippen LogP contribution in [-0.2, 0) is 12.8 Å². The average Bonchev–Trinajstić information content (AvgIpc) is 2.53. The zero-order chi connectivity index (χ0) is 11.3. The molecule has 1 aliphatic carbocycles. The SMILES string of the molecule is CC1(C)CCc2[nH]c3cc(Br)ccc3c2C1. The van der Waals surface area contributed by atoms with E-state index >= 15 is 0 Å². The van der Waals surface area contributed by atoms with E-state index in [9.17, 15) is 0 Å². The number of H-pyrrole nitrogens is 1. The summed E-state index contributed by atoms with van der Waals surface area (Å²) in [6, 6.07) is 6.55. The van der Waals surface area contributed by atoms with Crippen molar-refractivity contribution in [1.82, 2.24) is 4.98 Å². The van der Waals surface area contributed by atoms with Gasteiger partial charge in [-0.1, -0.05) is 35.8 Å². The fourth-order valence-corrected chi connectivity index (χ4v) is 3.09. The molecule has 0 radical (unpaired) electrons. The minimum Gasteiger partial charge on any atom is -0.358 e. The number of hydrogen-bond acceptors (Lipinski definition) is 0. The average molecular weight is 278 g/mol. The monoisotopic (exact) mass is 277 g/mol. The number of hydrogen-bond donors (Lipinski definition) is 1. The molecule has 0 amide bonds. The maximum atomic E-state index is 3.56. The van der Waals surface area contributed by atoms with E-state index in [-0.39, 0.29) is 0 Å². The van der Waals surface area contributed by atoms with E-state index in [4.69, 9.17) is 0 Å². The molecule has 0 fully saturated rings. The van der Waals surface area contributed by atoms with E-state index < -0.39 is 0 Å². The van der Waals surface area contributed by atoms with Crippen LogP contribution in [0.25, 0.3) is 10.9 Å². The van der Waals surface area contributed by atoms with Crippen LogP contribution in [0, 0.1) is 5.41 Å². The molecule has 1 aromatic heterocycles. The second-order valence-electron chi connectivity index (χ2n) is 5.61. The number of nitrogens with one attached hydrogen (secondary N) is 1. The molecule has 1 N–H and O–H groups in total. The fraction of sp³-hybridized carbons (Fsp3) is 0.429. The molecule has 1 nitrogen and oxygen atoms in total. The molecule has 0 spiro atoms. The molecule has 1 aromatic carbocycles. The number of aromatic nitrogens is 1. The lowest BCUT2D eigenvalue weighted by atomic mass is 9.76. The van der Waals surface area contributed by atoms with Crippen molar-refractivity contribution in [1.29, 1.82) is 0 Å². The summed E-state index contributed by atoms with van der Waals surface area (Å²) in [5.74, 6) is 0. The number of aromatic amines is 1. The van der Waals surface area contributed by atoms with Crippen LogP contribution in [0.1, 0.15) is 31.5 Å². The van der Waals surface area contributed by atoms with Gasteiger partial charge in [-0.25, -0.2) is 0 Å². The molecule has 2 aromatic rings. The van der Waals surface area contributed by atoms with Crippen molar-refractivity contribution in [3.05, 3.63) is 33.9 Å². The quantitative estimate of drug-likeness (QED) is 0.733. The van der Waals surface area contributed by atoms with Gasteiger partial charge in [-0.3, -0.25) is 0 Å². The summed E-state index contributed by atoms with van der Waals surface area (Å²) < 4.78 is 1.15. The van der Waals surface area contributed by atoms with Gasteiger partial charge in [-0.05, 0) is 42.4 Å². The molecule has 16 heavy (non-hydrogen) atoms. The number of aryl methyl sites for hydroxylation is 1. The Balaban J connectivity index is 2.22. The molecule has 2 heteroatoms. The molecular weight excluding hydrogens is 262 g/mol. The maximum Gasteiger partial charge on any atom is 0.0470 e. The normalized spacial score (nSPS) is 18.7. The lowest BCUT2D eigenvalue weighted by Gasteiger charge is -2.29. The van der Waals surface area contributed by atoms with E-state index in [0.717, 1.165) is 4.47 Å². The molecule has 0 bridgehead atoms. The van der Waals surface area contributed by atoms with E-state index in [2.05, 4.69) is 53.0 Å². The summed E-state index contributed by atoms with van der Waals surface area (Å²) in [4.78, 5) is 3.56. The third-order valence-corrected chi connectivity index (χ3v) is 4.16. The first-order valence-electron chi connectivity index (χ1n) is 5.84. The molecular formula is C14H16BrN. The number of fused-ring (bicyclic) bond motifs is 3. The molecule has 0 saturated heterocycles. The molecule has 3 rings (SSSR count). The molecule has 1 aliphatic rings. The summed E-state index contributed by atoms with van der Waals surface area (Å²) in [7, 11) is 0. The third-order valence-electron chi connectivity index (χ3n) is 3.66. The van der Waals surface area contributed by atoms with E-state index in [1.165, 1.54) is 35.9 Å². The Hall–Kier alpha value is -0.760. The van der Waals surface area contributed by atoms with Gasteiger partial charge in [0, 0.05) is 21.1 Å². The van der Waals surface area contributed by atoms with Crippen LogP contribution in [0.4, 0.5) is 0 Å². The van der Waals surface area contributed by atoms with Crippen molar-refractivity contribution in [2.24, 2.45) is 5.41 Å². The molecule has 0 atom stereocenters. The predicted octanol–water partition coefficient (Wildman–Crippen LogP) is 4.45. The van der Waals surface area contributed by atoms with Crippen LogP contribution in [0.5, 0.6) is 0 Å². The highest BCUT2D eigenvalue weighted by molar-refractivity contribution is 9.10. The van der Waals surface area contributed by atoms with Gasteiger partial charge < -0.3 is 4.98 Å². The summed E-state index contributed by atoms with van der Waals surface area (Å²) in [5, 5.41) is 1.41. The van der Waals surface area contributed by atoms with Crippen molar-refractivity contribution < 1.29 is 0 Å². The van der Waals surface area contributed by atoms with Crippen molar-refractivity contribution in [3.63, 3.8) is 0 Å². The maximum absolute atomic E-state index is 3.56. The van der Waals surface area contributed by atoms with Gasteiger partial charge in [0.25, 0.3) is 0 Å². The molecule has 1 heterocycles. The van der Waals surface area contributed by atoms with Gasteiger partial charge in [0.2, 0.25) is 0 Å². The van der Waals surface area contributed by atoms with Crippen LogP contribution < -0.4 is 0 Å². The Morgan fingerprint density at radius 3 is 2.94 bits per heavy atom. The van der Waals surface area contributed by atoms with Crippen molar-refractivity contribution >= 4 is 26.8 Å². The Labute approximate surface area is 104 Å². The second kappa shape index (κ2) is 3.36. The van der Waals surface area contributed by atoms with Crippen LogP contribution in [0.2, 0.25) is 0 Å². The lowest BCUT2D eigenvalue weighted by molar-refractivity contribution is 0.315. The highest BCUT2D eigenvalue weighted by atomic mass is 79.9. The van der Waals surface area contributed by atoms with Crippen molar-refractivity contribution in [2.45, 2.75) is 33.1 Å². The minimum atomic E-state index is 0.454. The largest absolute Gasteiger partial charge is 0.358 e. The van der Waals surface area contributed by atoms with Gasteiger partial charge in [-0.15, -0.1) is 0 Å². The zero-order valence-corrected chi connectivity index (χ0v) is 11.3. The number of rotatable bonds is 0. The highest BCUT2D eigenvalue weighted by Gasteiger charge is 2.27. The first kappa shape index (κ1) is 10.4. The van der Waals surface area contributed by atoms with Gasteiger partial charge >= 0.3 is 0 Å². The molecule has 0 saturated carbocycles. The van der Waals surface area contributed by atoms with Crippen molar-refractivity contribution in [3.8, 4) is 0 Å². The standard InChI is InChI=1S/C14H16BrN/c1-14(2)6-5-12-11(8-14)10-4-3-9(15)7-13(10)16-12/h3-4,7,16H,5-6,8H2,1-2H3. The van der Waals surface area contributed by atoms with Gasteiger partial charge in [0.1, 0.15) is 0 Å². The van der Waals surface area contributed by atoms with Gasteiger partial charge in [-0.2, -0.15) is 0 Å². The lowest BCUT2D eigenvalue weighted by Crippen LogP contribution is -2.21. The Morgan fingerprint density at radius 1 is 1.31 bits per heavy atom. The van der Waals surface area contributed by atoms with Gasteiger partial charge in [0.05, 0.1) is 0 Å². The topological polar surface area (TPSA) is 15.8 Å². The molecule has 84 valence electrons. The summed E-state index contributed by atoms with van der Waals surface area (Å²) >= 11 is 3.53. The fourth-order valence-electron chi connectivity index (χ4n) is 2.73. The number of benzene rings is 1. The Kier molecular flexibility index (Phi) is 2.19. The van der Waals surface area contributed by atoms with Crippen molar-refractivity contribution in [2.75, 3.05) is 0 Å². The summed E-state index contributed by atoms with van der Waals surface area (Å²) in [6.45, 7) is 4.74. The third kappa shape index (κ3) is 1.60. The predicted molar refractivity (Wildman–Crippen MR) is 71.8 cm³/mol. The minimum absolute atomic E-state index is 0.454. The molecule has 0 aliphatic heterocycles. The zero-order valence-electron chi connectivity index (χ0n) is 9.73. The first-order valence-corrected chi connectivity index (χ1v) is 6.63. The van der Waals surface area contributed by atoms with Gasteiger partial charge in [0.15, 0.2) is 0 Å². The second-order valence-corrected chi connectivity index (χ2v) is 6.53. The smallest absolute Gasteiger partial charge is 0.0470 e. The summed E-state index contributed by atoms with van der Waals surface area (Å²) in [5.41, 5.74) is 4.72. The Morgan fingerprint density at radius 2 is 2.12 bits per heavy atom. The highest BCUT2D eigenvalue weighted by Crippen LogP contribution is 2.38. The molecule has 0 unspecified atom stereocenters. The van der Waals surface area contributed by atoms with E-state index in [1.807, 2.05) is 0 Å². The Bertz CT molecular complexity index is 551. The van der Waals surface area contributed by atoms with Crippen LogP contribution >= 0.6 is 15.9 Å². The van der Waals surface area contributed by atoms with Crippen LogP contribution in [0.3, 0.4) is 0 Å².